The number of rotatable bonds is 6. The van der Waals surface area contributed by atoms with Crippen molar-refractivity contribution in [3.8, 4) is 0 Å². The number of urea groups is 1. The molecule has 1 aliphatic heterocycles. The third-order valence-corrected chi connectivity index (χ3v) is 5.78. The standard InChI is InChI=1S/C21H29N3O3/c1-3-15-9-8-10-16(4-2)18(15)22-17(25)11-14-24-19(26)21(23-20(24)27)12-6-5-7-13-21/h8-10H,3-7,11-14H2,1-2H3,(H,22,25)(H,23,27). The van der Waals surface area contributed by atoms with Gasteiger partial charge in [-0.1, -0.05) is 51.3 Å². The molecule has 3 rings (SSSR count). The highest BCUT2D eigenvalue weighted by Crippen LogP contribution is 2.33. The summed E-state index contributed by atoms with van der Waals surface area (Å²) < 4.78 is 0. The normalized spacial score (nSPS) is 18.7. The van der Waals surface area contributed by atoms with Gasteiger partial charge in [0.15, 0.2) is 0 Å². The molecule has 0 radical (unpaired) electrons. The van der Waals surface area contributed by atoms with E-state index in [2.05, 4.69) is 24.5 Å². The molecule has 0 aromatic heterocycles. The van der Waals surface area contributed by atoms with Crippen molar-refractivity contribution in [2.45, 2.75) is 70.8 Å². The highest BCUT2D eigenvalue weighted by molar-refractivity contribution is 6.07. The maximum absolute atomic E-state index is 12.8. The summed E-state index contributed by atoms with van der Waals surface area (Å²) in [6.07, 6.45) is 6.17. The van der Waals surface area contributed by atoms with Gasteiger partial charge in [-0.3, -0.25) is 14.5 Å². The van der Waals surface area contributed by atoms with Gasteiger partial charge in [0, 0.05) is 18.7 Å². The zero-order valence-corrected chi connectivity index (χ0v) is 16.3. The molecule has 6 nitrogen and oxygen atoms in total. The fourth-order valence-electron chi connectivity index (χ4n) is 4.19. The zero-order valence-electron chi connectivity index (χ0n) is 16.3. The molecule has 2 N–H and O–H groups in total. The van der Waals surface area contributed by atoms with E-state index in [0.29, 0.717) is 12.8 Å². The van der Waals surface area contributed by atoms with Crippen LogP contribution in [0.3, 0.4) is 0 Å². The van der Waals surface area contributed by atoms with Crippen LogP contribution in [0.25, 0.3) is 0 Å². The Bertz CT molecular complexity index is 716. The molecule has 146 valence electrons. The summed E-state index contributed by atoms with van der Waals surface area (Å²) in [5.74, 6) is -0.334. The number of anilines is 1. The summed E-state index contributed by atoms with van der Waals surface area (Å²) in [6.45, 7) is 4.23. The Labute approximate surface area is 160 Å². The topological polar surface area (TPSA) is 78.5 Å². The Morgan fingerprint density at radius 2 is 1.74 bits per heavy atom. The zero-order chi connectivity index (χ0) is 19.4. The van der Waals surface area contributed by atoms with E-state index >= 15 is 0 Å². The van der Waals surface area contributed by atoms with Gasteiger partial charge in [-0.05, 0) is 36.8 Å². The van der Waals surface area contributed by atoms with E-state index in [-0.39, 0.29) is 30.8 Å². The minimum atomic E-state index is -0.726. The number of amides is 4. The predicted molar refractivity (Wildman–Crippen MR) is 105 cm³/mol. The second-order valence-corrected chi connectivity index (χ2v) is 7.49. The van der Waals surface area contributed by atoms with Crippen molar-refractivity contribution in [2.75, 3.05) is 11.9 Å². The van der Waals surface area contributed by atoms with Crippen molar-refractivity contribution in [3.63, 3.8) is 0 Å². The summed E-state index contributed by atoms with van der Waals surface area (Å²) in [5.41, 5.74) is 2.34. The summed E-state index contributed by atoms with van der Waals surface area (Å²) in [6, 6.07) is 5.67. The Kier molecular flexibility index (Phi) is 5.82. The van der Waals surface area contributed by atoms with Crippen molar-refractivity contribution in [1.29, 1.82) is 0 Å². The number of hydrogen-bond donors (Lipinski definition) is 2. The SMILES string of the molecule is CCc1cccc(CC)c1NC(=O)CCN1C(=O)NC2(CCCCC2)C1=O. The van der Waals surface area contributed by atoms with E-state index in [1.165, 1.54) is 4.90 Å². The van der Waals surface area contributed by atoms with Gasteiger partial charge >= 0.3 is 6.03 Å². The molecule has 1 saturated carbocycles. The van der Waals surface area contributed by atoms with E-state index < -0.39 is 5.54 Å². The Morgan fingerprint density at radius 1 is 1.11 bits per heavy atom. The van der Waals surface area contributed by atoms with Crippen LogP contribution in [0.15, 0.2) is 18.2 Å². The lowest BCUT2D eigenvalue weighted by Crippen LogP contribution is -2.48. The first-order chi connectivity index (χ1) is 13.0. The molecule has 1 saturated heterocycles. The smallest absolute Gasteiger partial charge is 0.325 e. The molecule has 0 bridgehead atoms. The number of nitrogens with one attached hydrogen (secondary N) is 2. The first-order valence-electron chi connectivity index (χ1n) is 10.1. The third-order valence-electron chi connectivity index (χ3n) is 5.78. The first-order valence-corrected chi connectivity index (χ1v) is 10.1. The predicted octanol–water partition coefficient (Wildman–Crippen LogP) is 3.39. The molecular formula is C21H29N3O3. The van der Waals surface area contributed by atoms with Crippen molar-refractivity contribution < 1.29 is 14.4 Å². The van der Waals surface area contributed by atoms with Crippen LogP contribution in [0.2, 0.25) is 0 Å². The summed E-state index contributed by atoms with van der Waals surface area (Å²) in [5, 5.41) is 5.88. The maximum Gasteiger partial charge on any atom is 0.325 e. The van der Waals surface area contributed by atoms with Crippen LogP contribution in [0, 0.1) is 0 Å². The molecule has 4 amide bonds. The van der Waals surface area contributed by atoms with E-state index in [1.807, 2.05) is 18.2 Å². The molecule has 27 heavy (non-hydrogen) atoms. The Hall–Kier alpha value is -2.37. The molecular weight excluding hydrogens is 342 g/mol. The highest BCUT2D eigenvalue weighted by atomic mass is 16.2. The Morgan fingerprint density at radius 3 is 2.33 bits per heavy atom. The number of carbonyl (C=O) groups excluding carboxylic acids is 3. The number of benzene rings is 1. The monoisotopic (exact) mass is 371 g/mol. The maximum atomic E-state index is 12.8. The Balaban J connectivity index is 1.63. The minimum absolute atomic E-state index is 0.108. The van der Waals surface area contributed by atoms with Gasteiger partial charge in [-0.2, -0.15) is 0 Å². The highest BCUT2D eigenvalue weighted by Gasteiger charge is 2.51. The lowest BCUT2D eigenvalue weighted by atomic mass is 9.82. The quantitative estimate of drug-likeness (QED) is 0.752. The number of para-hydroxylation sites is 1. The molecule has 0 unspecified atom stereocenters. The van der Waals surface area contributed by atoms with Gasteiger partial charge in [-0.15, -0.1) is 0 Å². The molecule has 1 heterocycles. The minimum Gasteiger partial charge on any atom is -0.326 e. The second-order valence-electron chi connectivity index (χ2n) is 7.49. The van der Waals surface area contributed by atoms with Crippen LogP contribution in [0.1, 0.15) is 63.5 Å². The van der Waals surface area contributed by atoms with Crippen molar-refractivity contribution in [3.05, 3.63) is 29.3 Å². The average molecular weight is 371 g/mol. The number of imide groups is 1. The molecule has 1 aromatic rings. The van der Waals surface area contributed by atoms with Crippen LogP contribution in [0.5, 0.6) is 0 Å². The molecule has 2 fully saturated rings. The second kappa shape index (κ2) is 8.11. The molecule has 1 aliphatic carbocycles. The van der Waals surface area contributed by atoms with Gasteiger partial charge in [0.2, 0.25) is 5.91 Å². The fourth-order valence-corrected chi connectivity index (χ4v) is 4.19. The van der Waals surface area contributed by atoms with Gasteiger partial charge in [0.25, 0.3) is 5.91 Å². The number of carbonyl (C=O) groups is 3. The van der Waals surface area contributed by atoms with E-state index in [4.69, 9.17) is 0 Å². The molecule has 6 heteroatoms. The van der Waals surface area contributed by atoms with Crippen LogP contribution in [-0.4, -0.2) is 34.8 Å². The van der Waals surface area contributed by atoms with Gasteiger partial charge in [0.05, 0.1) is 0 Å². The number of nitrogens with zero attached hydrogens (tertiary/aromatic N) is 1. The summed E-state index contributed by atoms with van der Waals surface area (Å²) in [7, 11) is 0. The van der Waals surface area contributed by atoms with Crippen LogP contribution in [0.4, 0.5) is 10.5 Å². The lowest BCUT2D eigenvalue weighted by Gasteiger charge is -2.30. The van der Waals surface area contributed by atoms with Gasteiger partial charge in [-0.25, -0.2) is 4.79 Å². The van der Waals surface area contributed by atoms with Crippen molar-refractivity contribution in [1.82, 2.24) is 10.2 Å². The van der Waals surface area contributed by atoms with Gasteiger partial charge in [0.1, 0.15) is 5.54 Å². The third kappa shape index (κ3) is 3.84. The molecule has 2 aliphatic rings. The van der Waals surface area contributed by atoms with Crippen LogP contribution in [-0.2, 0) is 22.4 Å². The molecule has 1 spiro atoms. The number of aryl methyl sites for hydroxylation is 2. The van der Waals surface area contributed by atoms with E-state index in [1.54, 1.807) is 0 Å². The van der Waals surface area contributed by atoms with E-state index in [0.717, 1.165) is 48.9 Å². The van der Waals surface area contributed by atoms with Crippen LogP contribution >= 0.6 is 0 Å². The molecule has 0 atom stereocenters. The van der Waals surface area contributed by atoms with Gasteiger partial charge < -0.3 is 10.6 Å². The number of hydrogen-bond acceptors (Lipinski definition) is 3. The fraction of sp³-hybridized carbons (Fsp3) is 0.571. The van der Waals surface area contributed by atoms with Crippen molar-refractivity contribution >= 4 is 23.5 Å². The summed E-state index contributed by atoms with van der Waals surface area (Å²) in [4.78, 5) is 38.8. The van der Waals surface area contributed by atoms with E-state index in [9.17, 15) is 14.4 Å². The lowest BCUT2D eigenvalue weighted by molar-refractivity contribution is -0.132. The first kappa shape index (κ1) is 19.4. The van der Waals surface area contributed by atoms with Crippen molar-refractivity contribution in [2.24, 2.45) is 0 Å². The van der Waals surface area contributed by atoms with Crippen LogP contribution < -0.4 is 10.6 Å². The summed E-state index contributed by atoms with van der Waals surface area (Å²) >= 11 is 0. The average Bonchev–Trinajstić information content (AvgIpc) is 2.90. The largest absolute Gasteiger partial charge is 0.326 e. The molecule has 1 aromatic carbocycles.